The number of hydrogen-bond acceptors (Lipinski definition) is 6. The van der Waals surface area contributed by atoms with Gasteiger partial charge in [-0.05, 0) is 36.8 Å². The third kappa shape index (κ3) is 3.99. The zero-order chi connectivity index (χ0) is 20.3. The van der Waals surface area contributed by atoms with E-state index in [0.29, 0.717) is 5.56 Å². The molecule has 0 spiro atoms. The number of hydrogen-bond donors (Lipinski definition) is 0. The highest BCUT2D eigenvalue weighted by atomic mass is 79.9. The monoisotopic (exact) mass is 444 g/mol. The maximum atomic E-state index is 13.1. The number of ether oxygens (including phenoxy) is 2. The van der Waals surface area contributed by atoms with Crippen molar-refractivity contribution in [1.82, 2.24) is 0 Å². The third-order valence-electron chi connectivity index (χ3n) is 3.98. The third-order valence-corrected chi connectivity index (χ3v) is 4.51. The molecule has 144 valence electrons. The van der Waals surface area contributed by atoms with Gasteiger partial charge in [-0.3, -0.25) is 9.59 Å². The molecule has 6 nitrogen and oxygen atoms in total. The fourth-order valence-corrected chi connectivity index (χ4v) is 2.92. The standard InChI is InChI=1S/C21H17BrO6/c1-3-17(23)27-14-9-10-15-16(11-14)28-20(21(25)26-4-2)18(19(15)24)12-5-7-13(22)8-6-12/h5-11H,3-4H2,1-2H3. The van der Waals surface area contributed by atoms with E-state index in [0.717, 1.165) is 4.47 Å². The highest BCUT2D eigenvalue weighted by Gasteiger charge is 2.23. The Morgan fingerprint density at radius 2 is 1.79 bits per heavy atom. The minimum absolute atomic E-state index is 0.122. The normalized spacial score (nSPS) is 10.7. The molecule has 0 atom stereocenters. The quantitative estimate of drug-likeness (QED) is 0.418. The van der Waals surface area contributed by atoms with Gasteiger partial charge in [0.05, 0.1) is 17.6 Å². The second-order valence-electron chi connectivity index (χ2n) is 5.85. The lowest BCUT2D eigenvalue weighted by molar-refractivity contribution is -0.134. The van der Waals surface area contributed by atoms with Gasteiger partial charge in [-0.1, -0.05) is 35.0 Å². The van der Waals surface area contributed by atoms with Gasteiger partial charge in [-0.15, -0.1) is 0 Å². The molecule has 1 aromatic heterocycles. The minimum Gasteiger partial charge on any atom is -0.460 e. The highest BCUT2D eigenvalue weighted by molar-refractivity contribution is 9.10. The van der Waals surface area contributed by atoms with Crippen LogP contribution in [0, 0.1) is 0 Å². The van der Waals surface area contributed by atoms with Crippen LogP contribution in [-0.4, -0.2) is 18.5 Å². The predicted octanol–water partition coefficient (Wildman–Crippen LogP) is 4.71. The van der Waals surface area contributed by atoms with Gasteiger partial charge in [-0.2, -0.15) is 0 Å². The average Bonchev–Trinajstić information content (AvgIpc) is 2.68. The van der Waals surface area contributed by atoms with E-state index < -0.39 is 11.9 Å². The topological polar surface area (TPSA) is 82.8 Å². The van der Waals surface area contributed by atoms with Gasteiger partial charge >= 0.3 is 11.9 Å². The van der Waals surface area contributed by atoms with Crippen LogP contribution < -0.4 is 10.2 Å². The van der Waals surface area contributed by atoms with E-state index in [-0.39, 0.29) is 46.5 Å². The first-order chi connectivity index (χ1) is 13.4. The summed E-state index contributed by atoms with van der Waals surface area (Å²) in [5, 5.41) is 0.266. The van der Waals surface area contributed by atoms with Crippen molar-refractivity contribution in [2.45, 2.75) is 20.3 Å². The van der Waals surface area contributed by atoms with Crippen LogP contribution in [0.2, 0.25) is 0 Å². The molecule has 7 heteroatoms. The molecule has 0 N–H and O–H groups in total. The first kappa shape index (κ1) is 19.8. The van der Waals surface area contributed by atoms with E-state index >= 15 is 0 Å². The molecule has 0 radical (unpaired) electrons. The molecular formula is C21H17BrO6. The number of fused-ring (bicyclic) bond motifs is 1. The molecule has 2 aromatic carbocycles. The van der Waals surface area contributed by atoms with Crippen molar-refractivity contribution < 1.29 is 23.5 Å². The van der Waals surface area contributed by atoms with Gasteiger partial charge in [0.1, 0.15) is 11.3 Å². The van der Waals surface area contributed by atoms with Crippen LogP contribution in [0.15, 0.2) is 56.1 Å². The van der Waals surface area contributed by atoms with E-state index in [1.54, 1.807) is 38.1 Å². The summed E-state index contributed by atoms with van der Waals surface area (Å²) >= 11 is 3.35. The molecule has 0 aliphatic heterocycles. The SMILES string of the molecule is CCOC(=O)c1oc2cc(OC(=O)CC)ccc2c(=O)c1-c1ccc(Br)cc1. The Balaban J connectivity index is 2.24. The van der Waals surface area contributed by atoms with Crippen molar-refractivity contribution >= 4 is 38.8 Å². The predicted molar refractivity (Wildman–Crippen MR) is 108 cm³/mol. The summed E-state index contributed by atoms with van der Waals surface area (Å²) < 4.78 is 16.8. The zero-order valence-corrected chi connectivity index (χ0v) is 16.9. The van der Waals surface area contributed by atoms with Crippen LogP contribution in [-0.2, 0) is 9.53 Å². The van der Waals surface area contributed by atoms with E-state index in [1.807, 2.05) is 0 Å². The Morgan fingerprint density at radius 1 is 1.07 bits per heavy atom. The van der Waals surface area contributed by atoms with Crippen LogP contribution in [0.5, 0.6) is 5.75 Å². The van der Waals surface area contributed by atoms with E-state index in [2.05, 4.69) is 15.9 Å². The Labute approximate surface area is 169 Å². The second kappa shape index (κ2) is 8.39. The van der Waals surface area contributed by atoms with Crippen LogP contribution in [0.1, 0.15) is 30.8 Å². The van der Waals surface area contributed by atoms with Crippen molar-refractivity contribution in [3.05, 3.63) is 62.9 Å². The molecule has 0 aliphatic carbocycles. The zero-order valence-electron chi connectivity index (χ0n) is 15.3. The summed E-state index contributed by atoms with van der Waals surface area (Å²) in [5.41, 5.74) is 0.412. The summed E-state index contributed by atoms with van der Waals surface area (Å²) in [5.74, 6) is -1.12. The number of rotatable bonds is 5. The van der Waals surface area contributed by atoms with E-state index in [4.69, 9.17) is 13.9 Å². The molecule has 3 rings (SSSR count). The maximum Gasteiger partial charge on any atom is 0.375 e. The van der Waals surface area contributed by atoms with Crippen LogP contribution in [0.25, 0.3) is 22.1 Å². The number of benzene rings is 2. The average molecular weight is 445 g/mol. The summed E-state index contributed by atoms with van der Waals surface area (Å²) in [7, 11) is 0. The Morgan fingerprint density at radius 3 is 2.43 bits per heavy atom. The Bertz CT molecular complexity index is 1100. The molecule has 0 fully saturated rings. The maximum absolute atomic E-state index is 13.1. The van der Waals surface area contributed by atoms with Gasteiger partial charge in [0.15, 0.2) is 0 Å². The lowest BCUT2D eigenvalue weighted by Gasteiger charge is -2.10. The molecule has 1 heterocycles. The van der Waals surface area contributed by atoms with Crippen molar-refractivity contribution in [3.8, 4) is 16.9 Å². The van der Waals surface area contributed by atoms with Crippen LogP contribution in [0.4, 0.5) is 0 Å². The lowest BCUT2D eigenvalue weighted by Crippen LogP contribution is -2.15. The molecule has 0 amide bonds. The fourth-order valence-electron chi connectivity index (χ4n) is 2.66. The van der Waals surface area contributed by atoms with E-state index in [9.17, 15) is 14.4 Å². The Kier molecular flexibility index (Phi) is 5.94. The van der Waals surface area contributed by atoms with E-state index in [1.165, 1.54) is 18.2 Å². The first-order valence-corrected chi connectivity index (χ1v) is 9.48. The Hall–Kier alpha value is -2.93. The molecule has 0 saturated carbocycles. The second-order valence-corrected chi connectivity index (χ2v) is 6.76. The number of halogens is 1. The van der Waals surface area contributed by atoms with Crippen molar-refractivity contribution in [2.75, 3.05) is 6.61 Å². The highest BCUT2D eigenvalue weighted by Crippen LogP contribution is 2.28. The van der Waals surface area contributed by atoms with Crippen LogP contribution >= 0.6 is 15.9 Å². The van der Waals surface area contributed by atoms with Crippen molar-refractivity contribution in [1.29, 1.82) is 0 Å². The summed E-state index contributed by atoms with van der Waals surface area (Å²) in [6.45, 7) is 3.47. The lowest BCUT2D eigenvalue weighted by atomic mass is 10.0. The van der Waals surface area contributed by atoms with Gasteiger partial charge in [0.2, 0.25) is 11.2 Å². The van der Waals surface area contributed by atoms with Gasteiger partial charge in [0, 0.05) is 17.0 Å². The van der Waals surface area contributed by atoms with Gasteiger partial charge in [-0.25, -0.2) is 4.79 Å². The first-order valence-electron chi connectivity index (χ1n) is 8.69. The molecule has 0 unspecified atom stereocenters. The molecule has 0 bridgehead atoms. The molecule has 0 saturated heterocycles. The summed E-state index contributed by atoms with van der Waals surface area (Å²) in [4.78, 5) is 37.1. The molecule has 0 aliphatic rings. The molecule has 28 heavy (non-hydrogen) atoms. The number of esters is 2. The molecule has 3 aromatic rings. The fraction of sp³-hybridized carbons (Fsp3) is 0.190. The summed E-state index contributed by atoms with van der Waals surface area (Å²) in [6, 6.07) is 11.4. The van der Waals surface area contributed by atoms with Crippen LogP contribution in [0.3, 0.4) is 0 Å². The van der Waals surface area contributed by atoms with Crippen molar-refractivity contribution in [2.24, 2.45) is 0 Å². The van der Waals surface area contributed by atoms with Crippen molar-refractivity contribution in [3.63, 3.8) is 0 Å². The largest absolute Gasteiger partial charge is 0.460 e. The number of carbonyl (C=O) groups excluding carboxylic acids is 2. The number of carbonyl (C=O) groups is 2. The smallest absolute Gasteiger partial charge is 0.375 e. The minimum atomic E-state index is -0.740. The summed E-state index contributed by atoms with van der Waals surface area (Å²) in [6.07, 6.45) is 0.207. The van der Waals surface area contributed by atoms with Gasteiger partial charge < -0.3 is 13.9 Å². The van der Waals surface area contributed by atoms with Gasteiger partial charge in [0.25, 0.3) is 0 Å². The molecular weight excluding hydrogens is 428 g/mol.